The number of nitrogens with zero attached hydrogens (tertiary/aromatic N) is 1. The van der Waals surface area contributed by atoms with E-state index >= 15 is 0 Å². The van der Waals surface area contributed by atoms with Crippen molar-refractivity contribution >= 4 is 17.3 Å². The normalized spacial score (nSPS) is 12.2. The number of primary amides is 1. The molecule has 0 bridgehead atoms. The second-order valence-electron chi connectivity index (χ2n) is 4.58. The van der Waals surface area contributed by atoms with Crippen LogP contribution in [0.5, 0.6) is 0 Å². The van der Waals surface area contributed by atoms with Crippen LogP contribution in [0, 0.1) is 16.0 Å². The molecule has 7 heteroatoms. The van der Waals surface area contributed by atoms with Crippen LogP contribution in [0.2, 0.25) is 0 Å². The lowest BCUT2D eigenvalue weighted by atomic mass is 10.0. The monoisotopic (exact) mass is 266 g/mol. The maximum Gasteiger partial charge on any atom is 0.292 e. The van der Waals surface area contributed by atoms with Crippen molar-refractivity contribution in [1.82, 2.24) is 0 Å². The van der Waals surface area contributed by atoms with E-state index in [0.717, 1.165) is 0 Å². The van der Waals surface area contributed by atoms with Crippen LogP contribution in [0.25, 0.3) is 0 Å². The lowest BCUT2D eigenvalue weighted by Crippen LogP contribution is -2.34. The average Bonchev–Trinajstić information content (AvgIpc) is 2.34. The predicted molar refractivity (Wildman–Crippen MR) is 72.9 cm³/mol. The Morgan fingerprint density at radius 3 is 2.53 bits per heavy atom. The summed E-state index contributed by atoms with van der Waals surface area (Å²) in [5, 5.41) is 14.0. The smallest absolute Gasteiger partial charge is 0.292 e. The van der Waals surface area contributed by atoms with Gasteiger partial charge in [-0.3, -0.25) is 14.9 Å². The van der Waals surface area contributed by atoms with Crippen molar-refractivity contribution in [2.75, 3.05) is 11.9 Å². The van der Waals surface area contributed by atoms with Gasteiger partial charge in [0, 0.05) is 24.2 Å². The first-order valence-electron chi connectivity index (χ1n) is 5.91. The van der Waals surface area contributed by atoms with Crippen molar-refractivity contribution in [3.8, 4) is 0 Å². The van der Waals surface area contributed by atoms with Gasteiger partial charge in [-0.1, -0.05) is 13.8 Å². The maximum atomic E-state index is 11.1. The van der Waals surface area contributed by atoms with Crippen LogP contribution in [0.4, 0.5) is 11.4 Å². The van der Waals surface area contributed by atoms with Crippen LogP contribution < -0.4 is 16.8 Å². The molecule has 5 N–H and O–H groups in total. The number of nitrogens with one attached hydrogen (secondary N) is 1. The third-order valence-electron chi connectivity index (χ3n) is 2.88. The number of nitrogens with two attached hydrogens (primary N) is 2. The highest BCUT2D eigenvalue weighted by Crippen LogP contribution is 2.27. The number of carbonyl (C=O) groups is 1. The van der Waals surface area contributed by atoms with E-state index in [2.05, 4.69) is 5.32 Å². The second-order valence-corrected chi connectivity index (χ2v) is 4.58. The molecule has 0 saturated heterocycles. The van der Waals surface area contributed by atoms with Crippen molar-refractivity contribution in [2.45, 2.75) is 19.9 Å². The summed E-state index contributed by atoms with van der Waals surface area (Å²) in [5.41, 5.74) is 11.2. The van der Waals surface area contributed by atoms with Crippen molar-refractivity contribution in [3.63, 3.8) is 0 Å². The Balaban J connectivity index is 3.17. The van der Waals surface area contributed by atoms with Gasteiger partial charge in [-0.25, -0.2) is 0 Å². The molecule has 1 aromatic rings. The highest BCUT2D eigenvalue weighted by Gasteiger charge is 2.19. The molecular weight excluding hydrogens is 248 g/mol. The van der Waals surface area contributed by atoms with Crippen molar-refractivity contribution in [1.29, 1.82) is 0 Å². The molecule has 7 nitrogen and oxygen atoms in total. The molecule has 1 aromatic carbocycles. The fourth-order valence-corrected chi connectivity index (χ4v) is 1.66. The summed E-state index contributed by atoms with van der Waals surface area (Å²) in [6, 6.07) is 3.85. The van der Waals surface area contributed by atoms with E-state index in [0.29, 0.717) is 6.54 Å². The van der Waals surface area contributed by atoms with Crippen LogP contribution in [-0.4, -0.2) is 23.4 Å². The largest absolute Gasteiger partial charge is 0.375 e. The number of nitro groups is 1. The summed E-state index contributed by atoms with van der Waals surface area (Å²) in [6.45, 7) is 4.23. The van der Waals surface area contributed by atoms with Crippen LogP contribution in [0.15, 0.2) is 18.2 Å². The van der Waals surface area contributed by atoms with E-state index < -0.39 is 10.8 Å². The highest BCUT2D eigenvalue weighted by molar-refractivity contribution is 5.94. The highest BCUT2D eigenvalue weighted by atomic mass is 16.6. The van der Waals surface area contributed by atoms with E-state index in [4.69, 9.17) is 11.5 Å². The standard InChI is InChI=1S/C12H18N4O3/c1-7(2)10(6-13)15-9-5-8(12(14)17)3-4-11(9)16(18)19/h3-5,7,10,15H,6,13H2,1-2H3,(H2,14,17). The molecular formula is C12H18N4O3. The molecule has 0 aliphatic heterocycles. The third kappa shape index (κ3) is 3.65. The van der Waals surface area contributed by atoms with Gasteiger partial charge < -0.3 is 16.8 Å². The van der Waals surface area contributed by atoms with E-state index in [9.17, 15) is 14.9 Å². The Kier molecular flexibility index (Phi) is 4.82. The van der Waals surface area contributed by atoms with Gasteiger partial charge in [0.1, 0.15) is 5.69 Å². The van der Waals surface area contributed by atoms with Gasteiger partial charge >= 0.3 is 0 Å². The summed E-state index contributed by atoms with van der Waals surface area (Å²) >= 11 is 0. The fourth-order valence-electron chi connectivity index (χ4n) is 1.66. The minimum Gasteiger partial charge on any atom is -0.375 e. The Hall–Kier alpha value is -2.15. The maximum absolute atomic E-state index is 11.1. The van der Waals surface area contributed by atoms with Crippen molar-refractivity contribution in [3.05, 3.63) is 33.9 Å². The first-order valence-corrected chi connectivity index (χ1v) is 5.91. The number of nitro benzene ring substituents is 1. The zero-order valence-corrected chi connectivity index (χ0v) is 10.9. The minimum absolute atomic E-state index is 0.107. The van der Waals surface area contributed by atoms with Gasteiger partial charge in [0.15, 0.2) is 0 Å². The first-order chi connectivity index (χ1) is 8.86. The molecule has 0 aliphatic rings. The zero-order chi connectivity index (χ0) is 14.6. The number of hydrogen-bond acceptors (Lipinski definition) is 5. The van der Waals surface area contributed by atoms with Gasteiger partial charge in [-0.2, -0.15) is 0 Å². The molecule has 0 radical (unpaired) electrons. The van der Waals surface area contributed by atoms with Gasteiger partial charge in [0.2, 0.25) is 5.91 Å². The Morgan fingerprint density at radius 2 is 2.11 bits per heavy atom. The van der Waals surface area contributed by atoms with Gasteiger partial charge in [-0.05, 0) is 18.1 Å². The Morgan fingerprint density at radius 1 is 1.47 bits per heavy atom. The second kappa shape index (κ2) is 6.14. The van der Waals surface area contributed by atoms with E-state index in [-0.39, 0.29) is 28.9 Å². The molecule has 0 heterocycles. The lowest BCUT2D eigenvalue weighted by molar-refractivity contribution is -0.384. The van der Waals surface area contributed by atoms with Crippen LogP contribution in [-0.2, 0) is 0 Å². The molecule has 0 aromatic heterocycles. The third-order valence-corrected chi connectivity index (χ3v) is 2.88. The van der Waals surface area contributed by atoms with E-state index in [1.165, 1.54) is 18.2 Å². The lowest BCUT2D eigenvalue weighted by Gasteiger charge is -2.21. The Bertz CT molecular complexity index is 488. The average molecular weight is 266 g/mol. The molecule has 0 saturated carbocycles. The van der Waals surface area contributed by atoms with Gasteiger partial charge in [0.25, 0.3) is 5.69 Å². The number of hydrogen-bond donors (Lipinski definition) is 3. The molecule has 1 rings (SSSR count). The molecule has 0 spiro atoms. The molecule has 1 amide bonds. The van der Waals surface area contributed by atoms with Crippen molar-refractivity contribution < 1.29 is 9.72 Å². The molecule has 19 heavy (non-hydrogen) atoms. The first kappa shape index (κ1) is 14.9. The predicted octanol–water partition coefficient (Wildman–Crippen LogP) is 1.09. The summed E-state index contributed by atoms with van der Waals surface area (Å²) in [4.78, 5) is 21.6. The summed E-state index contributed by atoms with van der Waals surface area (Å²) < 4.78 is 0. The number of anilines is 1. The molecule has 1 unspecified atom stereocenters. The summed E-state index contributed by atoms with van der Waals surface area (Å²) in [6.07, 6.45) is 0. The summed E-state index contributed by atoms with van der Waals surface area (Å²) in [5.74, 6) is -0.436. The van der Waals surface area contributed by atoms with Gasteiger partial charge in [0.05, 0.1) is 4.92 Å². The Labute approximate surface area is 111 Å². The van der Waals surface area contributed by atoms with Crippen LogP contribution in [0.3, 0.4) is 0 Å². The van der Waals surface area contributed by atoms with E-state index in [1.807, 2.05) is 13.8 Å². The number of benzene rings is 1. The molecule has 1 atom stereocenters. The molecule has 0 fully saturated rings. The quantitative estimate of drug-likeness (QED) is 0.525. The topological polar surface area (TPSA) is 124 Å². The van der Waals surface area contributed by atoms with Crippen LogP contribution in [0.1, 0.15) is 24.2 Å². The van der Waals surface area contributed by atoms with Crippen molar-refractivity contribution in [2.24, 2.45) is 17.4 Å². The SMILES string of the molecule is CC(C)C(CN)Nc1cc(C(N)=O)ccc1[N+](=O)[O-]. The number of amides is 1. The number of rotatable bonds is 6. The molecule has 0 aliphatic carbocycles. The molecule has 104 valence electrons. The number of carbonyl (C=O) groups excluding carboxylic acids is 1. The fraction of sp³-hybridized carbons (Fsp3) is 0.417. The zero-order valence-electron chi connectivity index (χ0n) is 10.9. The van der Waals surface area contributed by atoms with Gasteiger partial charge in [-0.15, -0.1) is 0 Å². The van der Waals surface area contributed by atoms with Crippen LogP contribution >= 0.6 is 0 Å². The van der Waals surface area contributed by atoms with E-state index in [1.54, 1.807) is 0 Å². The summed E-state index contributed by atoms with van der Waals surface area (Å²) in [7, 11) is 0. The minimum atomic E-state index is -0.633.